The monoisotopic (exact) mass is 471 g/mol. The summed E-state index contributed by atoms with van der Waals surface area (Å²) in [7, 11) is 0. The lowest BCUT2D eigenvalue weighted by molar-refractivity contribution is 0.0515. The molecule has 2 heterocycles. The molecule has 0 bridgehead atoms. The molecule has 0 saturated carbocycles. The summed E-state index contributed by atoms with van der Waals surface area (Å²) in [5.41, 5.74) is 1.74. The van der Waals surface area contributed by atoms with Gasteiger partial charge in [0.05, 0.1) is 10.7 Å². The van der Waals surface area contributed by atoms with Crippen molar-refractivity contribution in [2.75, 3.05) is 25.1 Å². The van der Waals surface area contributed by atoms with E-state index in [1.54, 1.807) is 6.07 Å². The van der Waals surface area contributed by atoms with Crippen molar-refractivity contribution in [1.82, 2.24) is 10.3 Å². The van der Waals surface area contributed by atoms with Crippen molar-refractivity contribution < 1.29 is 9.13 Å². The van der Waals surface area contributed by atoms with E-state index in [9.17, 15) is 4.39 Å². The highest BCUT2D eigenvalue weighted by atomic mass is 79.9. The fourth-order valence-corrected chi connectivity index (χ4v) is 4.00. The number of rotatable bonds is 4. The van der Waals surface area contributed by atoms with Gasteiger partial charge in [0.2, 0.25) is 0 Å². The van der Waals surface area contributed by atoms with Gasteiger partial charge in [-0.15, -0.1) is 0 Å². The Morgan fingerprint density at radius 1 is 1.33 bits per heavy atom. The predicted molar refractivity (Wildman–Crippen MR) is 114 cm³/mol. The predicted octanol–water partition coefficient (Wildman–Crippen LogP) is 4.98. The SMILES string of the molecule is Cc1nc(NC(=S)NCC2(c3ccc(F)cc3)CCOCC2)c(Cl)cc1Br. The van der Waals surface area contributed by atoms with Gasteiger partial charge in [0.25, 0.3) is 0 Å². The second-order valence-corrected chi connectivity index (χ2v) is 8.26. The first-order chi connectivity index (χ1) is 12.9. The molecule has 1 saturated heterocycles. The molecule has 0 radical (unpaired) electrons. The van der Waals surface area contributed by atoms with Gasteiger partial charge in [0.15, 0.2) is 10.9 Å². The number of aromatic nitrogens is 1. The number of halogens is 3. The number of anilines is 1. The summed E-state index contributed by atoms with van der Waals surface area (Å²) >= 11 is 15.1. The van der Waals surface area contributed by atoms with Crippen LogP contribution in [0.5, 0.6) is 0 Å². The molecule has 1 fully saturated rings. The van der Waals surface area contributed by atoms with E-state index in [4.69, 9.17) is 28.6 Å². The van der Waals surface area contributed by atoms with Gasteiger partial charge >= 0.3 is 0 Å². The molecular formula is C19H20BrClFN3OS. The quantitative estimate of drug-likeness (QED) is 0.615. The van der Waals surface area contributed by atoms with Crippen LogP contribution >= 0.6 is 39.7 Å². The van der Waals surface area contributed by atoms with Crippen LogP contribution in [0.4, 0.5) is 10.2 Å². The number of pyridine rings is 1. The van der Waals surface area contributed by atoms with Crippen molar-refractivity contribution in [1.29, 1.82) is 0 Å². The molecule has 27 heavy (non-hydrogen) atoms. The van der Waals surface area contributed by atoms with Crippen molar-refractivity contribution >= 4 is 50.7 Å². The summed E-state index contributed by atoms with van der Waals surface area (Å²) in [6.45, 7) is 3.83. The van der Waals surface area contributed by atoms with Gasteiger partial charge in [-0.2, -0.15) is 0 Å². The zero-order valence-electron chi connectivity index (χ0n) is 14.8. The fourth-order valence-electron chi connectivity index (χ4n) is 3.18. The second-order valence-electron chi connectivity index (χ2n) is 6.59. The Morgan fingerprint density at radius 3 is 2.67 bits per heavy atom. The molecule has 2 aromatic rings. The summed E-state index contributed by atoms with van der Waals surface area (Å²) in [4.78, 5) is 4.41. The van der Waals surface area contributed by atoms with Gasteiger partial charge in [-0.25, -0.2) is 9.37 Å². The first-order valence-electron chi connectivity index (χ1n) is 8.61. The molecule has 1 aromatic carbocycles. The minimum atomic E-state index is -0.238. The maximum absolute atomic E-state index is 13.3. The van der Waals surface area contributed by atoms with E-state index in [0.29, 0.717) is 35.7 Å². The molecule has 0 aliphatic carbocycles. The van der Waals surface area contributed by atoms with Gasteiger partial charge in [0, 0.05) is 29.6 Å². The number of nitrogens with zero attached hydrogens (tertiary/aromatic N) is 1. The standard InChI is InChI=1S/C19H20BrClFN3OS/c1-12-15(20)10-16(21)17(24-12)25-18(27)23-11-19(6-8-26-9-7-19)13-2-4-14(22)5-3-13/h2-5,10H,6-9,11H2,1H3,(H2,23,24,25,27). The minimum Gasteiger partial charge on any atom is -0.381 e. The van der Waals surface area contributed by atoms with Crippen molar-refractivity contribution in [2.45, 2.75) is 25.2 Å². The Morgan fingerprint density at radius 2 is 2.00 bits per heavy atom. The van der Waals surface area contributed by atoms with E-state index in [-0.39, 0.29) is 11.2 Å². The second kappa shape index (κ2) is 8.82. The lowest BCUT2D eigenvalue weighted by Gasteiger charge is -2.38. The summed E-state index contributed by atoms with van der Waals surface area (Å²) in [6.07, 6.45) is 1.68. The van der Waals surface area contributed by atoms with Crippen LogP contribution in [0, 0.1) is 12.7 Å². The number of hydrogen-bond acceptors (Lipinski definition) is 3. The molecule has 0 atom stereocenters. The number of aryl methyl sites for hydroxylation is 1. The van der Waals surface area contributed by atoms with Crippen LogP contribution in [0.2, 0.25) is 5.02 Å². The molecule has 4 nitrogen and oxygen atoms in total. The smallest absolute Gasteiger partial charge is 0.172 e. The number of nitrogens with one attached hydrogen (secondary N) is 2. The maximum Gasteiger partial charge on any atom is 0.172 e. The number of thiocarbonyl (C=S) groups is 1. The molecule has 0 unspecified atom stereocenters. The minimum absolute atomic E-state index is 0.162. The Kier molecular flexibility index (Phi) is 6.68. The van der Waals surface area contributed by atoms with E-state index in [1.165, 1.54) is 12.1 Å². The average molecular weight is 473 g/mol. The third-order valence-corrected chi connectivity index (χ3v) is 6.17. The van der Waals surface area contributed by atoms with E-state index in [2.05, 4.69) is 31.5 Å². The van der Waals surface area contributed by atoms with Crippen molar-refractivity contribution in [3.63, 3.8) is 0 Å². The number of hydrogen-bond donors (Lipinski definition) is 2. The summed E-state index contributed by atoms with van der Waals surface area (Å²) < 4.78 is 19.7. The van der Waals surface area contributed by atoms with Crippen LogP contribution in [-0.2, 0) is 10.2 Å². The molecule has 0 spiro atoms. The normalized spacial score (nSPS) is 16.0. The Hall–Kier alpha value is -1.28. The van der Waals surface area contributed by atoms with Crippen LogP contribution < -0.4 is 10.6 Å². The largest absolute Gasteiger partial charge is 0.381 e. The Bertz CT molecular complexity index is 828. The summed E-state index contributed by atoms with van der Waals surface area (Å²) in [5.74, 6) is 0.273. The third-order valence-electron chi connectivity index (χ3n) is 4.83. The molecule has 1 aliphatic heterocycles. The van der Waals surface area contributed by atoms with Gasteiger partial charge in [-0.1, -0.05) is 23.7 Å². The first kappa shape index (κ1) is 20.5. The summed E-state index contributed by atoms with van der Waals surface area (Å²) in [5, 5.41) is 7.26. The number of benzene rings is 1. The first-order valence-corrected chi connectivity index (χ1v) is 10.2. The molecule has 1 aromatic heterocycles. The van der Waals surface area contributed by atoms with Crippen LogP contribution in [0.25, 0.3) is 0 Å². The van der Waals surface area contributed by atoms with Gasteiger partial charge in [-0.05, 0) is 71.7 Å². The van der Waals surface area contributed by atoms with Crippen molar-refractivity contribution in [2.24, 2.45) is 0 Å². The van der Waals surface area contributed by atoms with Crippen molar-refractivity contribution in [3.05, 3.63) is 56.9 Å². The molecule has 144 valence electrons. The zero-order chi connectivity index (χ0) is 19.4. The Labute approximate surface area is 177 Å². The molecular weight excluding hydrogens is 453 g/mol. The highest BCUT2D eigenvalue weighted by molar-refractivity contribution is 9.10. The number of ether oxygens (including phenoxy) is 1. The van der Waals surface area contributed by atoms with E-state index in [0.717, 1.165) is 28.6 Å². The molecule has 1 aliphatic rings. The topological polar surface area (TPSA) is 46.2 Å². The van der Waals surface area contributed by atoms with Crippen LogP contribution in [0.15, 0.2) is 34.8 Å². The van der Waals surface area contributed by atoms with Crippen LogP contribution in [0.1, 0.15) is 24.1 Å². The molecule has 8 heteroatoms. The van der Waals surface area contributed by atoms with E-state index < -0.39 is 0 Å². The maximum atomic E-state index is 13.3. The highest BCUT2D eigenvalue weighted by Gasteiger charge is 2.34. The Balaban J connectivity index is 1.71. The van der Waals surface area contributed by atoms with Crippen LogP contribution in [-0.4, -0.2) is 29.9 Å². The summed E-state index contributed by atoms with van der Waals surface area (Å²) in [6, 6.07) is 8.47. The zero-order valence-corrected chi connectivity index (χ0v) is 18.0. The lowest BCUT2D eigenvalue weighted by atomic mass is 9.74. The lowest BCUT2D eigenvalue weighted by Crippen LogP contribution is -2.45. The van der Waals surface area contributed by atoms with Gasteiger partial charge < -0.3 is 15.4 Å². The van der Waals surface area contributed by atoms with E-state index >= 15 is 0 Å². The van der Waals surface area contributed by atoms with Crippen LogP contribution in [0.3, 0.4) is 0 Å². The van der Waals surface area contributed by atoms with Crippen molar-refractivity contribution in [3.8, 4) is 0 Å². The molecule has 2 N–H and O–H groups in total. The third kappa shape index (κ3) is 4.96. The average Bonchev–Trinajstić information content (AvgIpc) is 2.66. The van der Waals surface area contributed by atoms with Gasteiger partial charge in [0.1, 0.15) is 5.82 Å². The highest BCUT2D eigenvalue weighted by Crippen LogP contribution is 2.34. The molecule has 0 amide bonds. The van der Waals surface area contributed by atoms with E-state index in [1.807, 2.05) is 19.1 Å². The van der Waals surface area contributed by atoms with Gasteiger partial charge in [-0.3, -0.25) is 0 Å². The molecule has 3 rings (SSSR count). The fraction of sp³-hybridized carbons (Fsp3) is 0.368.